The molecule has 0 aliphatic heterocycles. The highest BCUT2D eigenvalue weighted by molar-refractivity contribution is 5.87. The van der Waals surface area contributed by atoms with Gasteiger partial charge in [0.2, 0.25) is 5.91 Å². The fourth-order valence-electron chi connectivity index (χ4n) is 5.23. The van der Waals surface area contributed by atoms with Gasteiger partial charge in [0.25, 0.3) is 0 Å². The fraction of sp³-hybridized carbons (Fsp3) is 0.464. The van der Waals surface area contributed by atoms with E-state index in [-0.39, 0.29) is 36.9 Å². The summed E-state index contributed by atoms with van der Waals surface area (Å²) in [6, 6.07) is 16.3. The van der Waals surface area contributed by atoms with Crippen LogP contribution in [0.15, 0.2) is 48.5 Å². The van der Waals surface area contributed by atoms with Gasteiger partial charge in [0, 0.05) is 19.0 Å². The highest BCUT2D eigenvalue weighted by atomic mass is 16.5. The van der Waals surface area contributed by atoms with E-state index in [1.165, 1.54) is 4.90 Å². The first-order valence-corrected chi connectivity index (χ1v) is 12.2. The lowest BCUT2D eigenvalue weighted by Gasteiger charge is -2.44. The maximum atomic E-state index is 13.4. The van der Waals surface area contributed by atoms with Crippen molar-refractivity contribution in [2.45, 2.75) is 46.0 Å². The van der Waals surface area contributed by atoms with Crippen LogP contribution in [-0.4, -0.2) is 54.2 Å². The minimum absolute atomic E-state index is 0.0368. The van der Waals surface area contributed by atoms with Crippen LogP contribution in [0.1, 0.15) is 57.1 Å². The number of amides is 2. The molecule has 2 aliphatic carbocycles. The Morgan fingerprint density at radius 3 is 2.09 bits per heavy atom. The quantitative estimate of drug-likeness (QED) is 0.576. The standard InChI is InChI=1S/C28H34N2O5/c1-27(2,3)18-30(15-24(31)32)25(33)28(13-8-14-28)17-29-26(34)35-16-23-21-11-6-4-9-19(21)20-10-5-7-12-22(20)23/h4-7,9-12,23H,8,13-18H2,1-3H3,(H,29,34)(H,31,32). The van der Waals surface area contributed by atoms with Gasteiger partial charge in [-0.2, -0.15) is 0 Å². The molecule has 2 aromatic rings. The van der Waals surface area contributed by atoms with Crippen molar-refractivity contribution >= 4 is 18.0 Å². The van der Waals surface area contributed by atoms with Crippen LogP contribution >= 0.6 is 0 Å². The predicted molar refractivity (Wildman–Crippen MR) is 133 cm³/mol. The molecule has 1 saturated carbocycles. The molecular weight excluding hydrogens is 444 g/mol. The van der Waals surface area contributed by atoms with Crippen LogP contribution in [0.3, 0.4) is 0 Å². The van der Waals surface area contributed by atoms with Gasteiger partial charge in [-0.25, -0.2) is 4.79 Å². The minimum atomic E-state index is -1.04. The molecule has 7 heteroatoms. The van der Waals surface area contributed by atoms with Crippen molar-refractivity contribution in [1.29, 1.82) is 0 Å². The summed E-state index contributed by atoms with van der Waals surface area (Å²) in [4.78, 5) is 38.9. The highest BCUT2D eigenvalue weighted by Crippen LogP contribution is 2.45. The van der Waals surface area contributed by atoms with Gasteiger partial charge in [-0.1, -0.05) is 75.7 Å². The van der Waals surface area contributed by atoms with Crippen LogP contribution < -0.4 is 5.32 Å². The number of hydrogen-bond acceptors (Lipinski definition) is 4. The number of aliphatic carboxylic acids is 1. The van der Waals surface area contributed by atoms with E-state index < -0.39 is 17.5 Å². The summed E-state index contributed by atoms with van der Waals surface area (Å²) in [6.07, 6.45) is 1.55. The number of carboxylic acids is 1. The number of nitrogens with zero attached hydrogens (tertiary/aromatic N) is 1. The maximum Gasteiger partial charge on any atom is 0.407 e. The number of rotatable bonds is 8. The third-order valence-corrected chi connectivity index (χ3v) is 6.96. The van der Waals surface area contributed by atoms with E-state index in [2.05, 4.69) is 29.6 Å². The molecule has 1 fully saturated rings. The van der Waals surface area contributed by atoms with Crippen molar-refractivity contribution in [3.8, 4) is 11.1 Å². The summed E-state index contributed by atoms with van der Waals surface area (Å²) in [5.41, 5.74) is 3.59. The van der Waals surface area contributed by atoms with E-state index in [0.29, 0.717) is 19.4 Å². The third-order valence-electron chi connectivity index (χ3n) is 6.96. The van der Waals surface area contributed by atoms with Crippen LogP contribution in [0.25, 0.3) is 11.1 Å². The Bertz CT molecular complexity index is 1070. The molecule has 2 aromatic carbocycles. The predicted octanol–water partition coefficient (Wildman–Crippen LogP) is 4.65. The van der Waals surface area contributed by atoms with Crippen molar-refractivity contribution < 1.29 is 24.2 Å². The van der Waals surface area contributed by atoms with E-state index in [1.807, 2.05) is 45.0 Å². The Hall–Kier alpha value is -3.35. The molecule has 0 aromatic heterocycles. The molecule has 0 spiro atoms. The van der Waals surface area contributed by atoms with Crippen LogP contribution in [0, 0.1) is 10.8 Å². The van der Waals surface area contributed by atoms with Crippen molar-refractivity contribution in [2.75, 3.05) is 26.2 Å². The normalized spacial score (nSPS) is 16.0. The number of fused-ring (bicyclic) bond motifs is 3. The topological polar surface area (TPSA) is 95.9 Å². The number of carbonyl (C=O) groups is 3. The molecule has 0 atom stereocenters. The monoisotopic (exact) mass is 478 g/mol. The lowest BCUT2D eigenvalue weighted by atomic mass is 9.67. The van der Waals surface area contributed by atoms with Gasteiger partial charge in [-0.15, -0.1) is 0 Å². The van der Waals surface area contributed by atoms with Crippen molar-refractivity contribution in [3.63, 3.8) is 0 Å². The second-order valence-corrected chi connectivity index (χ2v) is 10.9. The van der Waals surface area contributed by atoms with Gasteiger partial charge >= 0.3 is 12.1 Å². The Balaban J connectivity index is 1.39. The van der Waals surface area contributed by atoms with E-state index in [1.54, 1.807) is 0 Å². The lowest BCUT2D eigenvalue weighted by Crippen LogP contribution is -2.56. The van der Waals surface area contributed by atoms with Crippen LogP contribution in [0.5, 0.6) is 0 Å². The Morgan fingerprint density at radius 2 is 1.60 bits per heavy atom. The highest BCUT2D eigenvalue weighted by Gasteiger charge is 2.47. The van der Waals surface area contributed by atoms with Crippen LogP contribution in [0.4, 0.5) is 4.79 Å². The smallest absolute Gasteiger partial charge is 0.407 e. The molecule has 2 amide bonds. The molecular formula is C28H34N2O5. The number of hydrogen-bond donors (Lipinski definition) is 2. The molecule has 7 nitrogen and oxygen atoms in total. The van der Waals surface area contributed by atoms with Gasteiger partial charge in [0.1, 0.15) is 13.2 Å². The SMILES string of the molecule is CC(C)(C)CN(CC(=O)O)C(=O)C1(CNC(=O)OCC2c3ccccc3-c3ccccc32)CCC1. The molecule has 0 bridgehead atoms. The van der Waals surface area contributed by atoms with Gasteiger partial charge in [-0.3, -0.25) is 9.59 Å². The number of carbonyl (C=O) groups excluding carboxylic acids is 2. The first-order chi connectivity index (χ1) is 16.6. The summed E-state index contributed by atoms with van der Waals surface area (Å²) >= 11 is 0. The molecule has 0 heterocycles. The second-order valence-electron chi connectivity index (χ2n) is 10.9. The Morgan fingerprint density at radius 1 is 1.03 bits per heavy atom. The number of alkyl carbamates (subject to hydrolysis) is 1. The minimum Gasteiger partial charge on any atom is -0.480 e. The molecule has 0 saturated heterocycles. The fourth-order valence-corrected chi connectivity index (χ4v) is 5.23. The van der Waals surface area contributed by atoms with E-state index >= 15 is 0 Å². The molecule has 2 N–H and O–H groups in total. The van der Waals surface area contributed by atoms with Crippen molar-refractivity contribution in [3.05, 3.63) is 59.7 Å². The average molecular weight is 479 g/mol. The first kappa shape index (κ1) is 24.8. The summed E-state index contributed by atoms with van der Waals surface area (Å²) in [6.45, 7) is 6.25. The zero-order chi connectivity index (χ0) is 25.2. The summed E-state index contributed by atoms with van der Waals surface area (Å²) in [7, 11) is 0. The van der Waals surface area contributed by atoms with Crippen molar-refractivity contribution in [2.24, 2.45) is 10.8 Å². The second kappa shape index (κ2) is 9.72. The maximum absolute atomic E-state index is 13.4. The molecule has 186 valence electrons. The van der Waals surface area contributed by atoms with Gasteiger partial charge < -0.3 is 20.1 Å². The largest absolute Gasteiger partial charge is 0.480 e. The first-order valence-electron chi connectivity index (χ1n) is 12.2. The lowest BCUT2D eigenvalue weighted by molar-refractivity contribution is -0.154. The average Bonchev–Trinajstić information content (AvgIpc) is 3.09. The van der Waals surface area contributed by atoms with Gasteiger partial charge in [0.05, 0.1) is 5.41 Å². The number of carboxylic acid groups (broad SMARTS) is 1. The summed E-state index contributed by atoms with van der Waals surface area (Å²) in [5, 5.41) is 12.1. The number of benzene rings is 2. The van der Waals surface area contributed by atoms with E-state index in [9.17, 15) is 19.5 Å². The van der Waals surface area contributed by atoms with Gasteiger partial charge in [0.15, 0.2) is 0 Å². The van der Waals surface area contributed by atoms with E-state index in [4.69, 9.17) is 4.74 Å². The van der Waals surface area contributed by atoms with Crippen molar-refractivity contribution in [1.82, 2.24) is 10.2 Å². The number of nitrogens with one attached hydrogen (secondary N) is 1. The van der Waals surface area contributed by atoms with Crippen LogP contribution in [0.2, 0.25) is 0 Å². The zero-order valence-electron chi connectivity index (χ0n) is 20.7. The van der Waals surface area contributed by atoms with Gasteiger partial charge in [-0.05, 0) is 40.5 Å². The third kappa shape index (κ3) is 5.34. The molecule has 0 radical (unpaired) electrons. The zero-order valence-corrected chi connectivity index (χ0v) is 20.7. The molecule has 0 unspecified atom stereocenters. The number of ether oxygens (including phenoxy) is 1. The van der Waals surface area contributed by atoms with E-state index in [0.717, 1.165) is 28.7 Å². The summed E-state index contributed by atoms with van der Waals surface area (Å²) < 4.78 is 5.62. The molecule has 35 heavy (non-hydrogen) atoms. The Kier molecular flexibility index (Phi) is 6.88. The molecule has 2 aliphatic rings. The molecule has 4 rings (SSSR count). The van der Waals surface area contributed by atoms with Crippen LogP contribution in [-0.2, 0) is 14.3 Å². The Labute approximate surface area is 206 Å². The summed E-state index contributed by atoms with van der Waals surface area (Å²) in [5.74, 6) is -1.29.